The molecule has 21 heavy (non-hydrogen) atoms. The Hall–Kier alpha value is -1.07. The Morgan fingerprint density at radius 3 is 2.33 bits per heavy atom. The number of nitrogens with one attached hydrogen (secondary N) is 1. The second kappa shape index (κ2) is 7.27. The van der Waals surface area contributed by atoms with Crippen molar-refractivity contribution in [3.8, 4) is 0 Å². The van der Waals surface area contributed by atoms with Crippen LogP contribution in [0.2, 0.25) is 0 Å². The monoisotopic (exact) mass is 310 g/mol. The van der Waals surface area contributed by atoms with E-state index in [1.807, 2.05) is 0 Å². The van der Waals surface area contributed by atoms with E-state index < -0.39 is 10.0 Å². The highest BCUT2D eigenvalue weighted by Gasteiger charge is 2.24. The zero-order chi connectivity index (χ0) is 15.3. The summed E-state index contributed by atoms with van der Waals surface area (Å²) in [5, 5.41) is 3.51. The summed E-state index contributed by atoms with van der Waals surface area (Å²) >= 11 is 0. The van der Waals surface area contributed by atoms with E-state index in [2.05, 4.69) is 36.5 Å². The van der Waals surface area contributed by atoms with Gasteiger partial charge in [-0.3, -0.25) is 0 Å². The number of nitrogens with zero attached hydrogens (tertiary/aromatic N) is 1. The van der Waals surface area contributed by atoms with Gasteiger partial charge in [-0.15, -0.1) is 0 Å². The lowest BCUT2D eigenvalue weighted by molar-refractivity contribution is 0.332. The number of piperidine rings is 1. The molecule has 0 saturated carbocycles. The maximum Gasteiger partial charge on any atom is 0.211 e. The molecular formula is C16H26N2O2S. The quantitative estimate of drug-likeness (QED) is 0.879. The van der Waals surface area contributed by atoms with Crippen LogP contribution in [-0.2, 0) is 16.4 Å². The molecule has 5 heteroatoms. The predicted octanol–water partition coefficient (Wildman–Crippen LogP) is 2.87. The van der Waals surface area contributed by atoms with Gasteiger partial charge in [-0.25, -0.2) is 12.7 Å². The minimum atomic E-state index is -3.03. The lowest BCUT2D eigenvalue weighted by Crippen LogP contribution is -2.41. The van der Waals surface area contributed by atoms with Crippen molar-refractivity contribution in [1.82, 2.24) is 4.31 Å². The second-order valence-electron chi connectivity index (χ2n) is 5.88. The third-order valence-corrected chi connectivity index (χ3v) is 5.37. The molecule has 0 unspecified atom stereocenters. The minimum absolute atomic E-state index is 0.365. The number of benzene rings is 1. The van der Waals surface area contributed by atoms with Gasteiger partial charge in [-0.05, 0) is 43.4 Å². The highest BCUT2D eigenvalue weighted by molar-refractivity contribution is 7.88. The number of anilines is 1. The average Bonchev–Trinajstić information content (AvgIpc) is 2.46. The largest absolute Gasteiger partial charge is 0.382 e. The third kappa shape index (κ3) is 5.00. The predicted molar refractivity (Wildman–Crippen MR) is 88.1 cm³/mol. The summed E-state index contributed by atoms with van der Waals surface area (Å²) in [6.45, 7) is 3.44. The van der Waals surface area contributed by atoms with E-state index in [-0.39, 0.29) is 0 Å². The average molecular weight is 310 g/mol. The number of rotatable bonds is 6. The van der Waals surface area contributed by atoms with E-state index in [1.165, 1.54) is 24.7 Å². The second-order valence-corrected chi connectivity index (χ2v) is 7.86. The van der Waals surface area contributed by atoms with E-state index in [4.69, 9.17) is 0 Å². The summed E-state index contributed by atoms with van der Waals surface area (Å²) in [7, 11) is -3.03. The van der Waals surface area contributed by atoms with Crippen LogP contribution in [0.5, 0.6) is 0 Å². The smallest absolute Gasteiger partial charge is 0.211 e. The fourth-order valence-corrected chi connectivity index (χ4v) is 3.59. The molecule has 1 aliphatic heterocycles. The standard InChI is InChI=1S/C16H26N2O2S/c1-3-4-5-14-6-8-15(9-7-14)17-16-10-12-18(13-11-16)21(2,19)20/h6-9,16-17H,3-5,10-13H2,1-2H3. The maximum atomic E-state index is 11.5. The summed E-state index contributed by atoms with van der Waals surface area (Å²) in [6.07, 6.45) is 6.62. The van der Waals surface area contributed by atoms with E-state index in [9.17, 15) is 8.42 Å². The molecule has 0 aliphatic carbocycles. The number of sulfonamides is 1. The Balaban J connectivity index is 1.83. The highest BCUT2D eigenvalue weighted by Crippen LogP contribution is 2.19. The number of hydrogen-bond acceptors (Lipinski definition) is 3. The summed E-state index contributed by atoms with van der Waals surface area (Å²) in [5.41, 5.74) is 2.52. The molecule has 1 N–H and O–H groups in total. The van der Waals surface area contributed by atoms with Crippen LogP contribution in [0.15, 0.2) is 24.3 Å². The van der Waals surface area contributed by atoms with Gasteiger partial charge in [0.2, 0.25) is 10.0 Å². The molecule has 0 spiro atoms. The lowest BCUT2D eigenvalue weighted by Gasteiger charge is -2.31. The van der Waals surface area contributed by atoms with Crippen LogP contribution < -0.4 is 5.32 Å². The van der Waals surface area contributed by atoms with Crippen molar-refractivity contribution in [2.75, 3.05) is 24.7 Å². The zero-order valence-electron chi connectivity index (χ0n) is 13.0. The molecule has 0 radical (unpaired) electrons. The Kier molecular flexibility index (Phi) is 5.65. The minimum Gasteiger partial charge on any atom is -0.382 e. The molecule has 0 bridgehead atoms. The van der Waals surface area contributed by atoms with Crippen LogP contribution in [-0.4, -0.2) is 38.1 Å². The van der Waals surface area contributed by atoms with Crippen LogP contribution in [0.1, 0.15) is 38.2 Å². The van der Waals surface area contributed by atoms with Gasteiger partial charge < -0.3 is 5.32 Å². The maximum absolute atomic E-state index is 11.5. The fourth-order valence-electron chi connectivity index (χ4n) is 2.72. The van der Waals surface area contributed by atoms with Crippen LogP contribution in [0.25, 0.3) is 0 Å². The first kappa shape index (κ1) is 16.3. The summed E-state index contributed by atoms with van der Waals surface area (Å²) in [5.74, 6) is 0. The summed E-state index contributed by atoms with van der Waals surface area (Å²) in [4.78, 5) is 0. The Morgan fingerprint density at radius 1 is 1.19 bits per heavy atom. The summed E-state index contributed by atoms with van der Waals surface area (Å²) in [6, 6.07) is 9.00. The first-order chi connectivity index (χ1) is 9.99. The molecular weight excluding hydrogens is 284 g/mol. The van der Waals surface area contributed by atoms with Gasteiger partial charge in [0.1, 0.15) is 0 Å². The van der Waals surface area contributed by atoms with Crippen molar-refractivity contribution in [3.63, 3.8) is 0 Å². The molecule has 1 aromatic rings. The molecule has 1 saturated heterocycles. The van der Waals surface area contributed by atoms with Gasteiger partial charge >= 0.3 is 0 Å². The van der Waals surface area contributed by atoms with Gasteiger partial charge in [-0.1, -0.05) is 25.5 Å². The third-order valence-electron chi connectivity index (χ3n) is 4.07. The van der Waals surface area contributed by atoms with Crippen molar-refractivity contribution < 1.29 is 8.42 Å². The molecule has 1 fully saturated rings. The molecule has 2 rings (SSSR count). The van der Waals surface area contributed by atoms with Gasteiger partial charge in [-0.2, -0.15) is 0 Å². The van der Waals surface area contributed by atoms with Crippen molar-refractivity contribution in [2.45, 2.75) is 45.1 Å². The topological polar surface area (TPSA) is 49.4 Å². The fraction of sp³-hybridized carbons (Fsp3) is 0.625. The first-order valence-corrected chi connectivity index (χ1v) is 9.64. The Labute approximate surface area is 128 Å². The number of hydrogen-bond donors (Lipinski definition) is 1. The molecule has 1 heterocycles. The van der Waals surface area contributed by atoms with Crippen LogP contribution in [0, 0.1) is 0 Å². The van der Waals surface area contributed by atoms with E-state index >= 15 is 0 Å². The molecule has 1 aliphatic rings. The molecule has 4 nitrogen and oxygen atoms in total. The van der Waals surface area contributed by atoms with Crippen molar-refractivity contribution in [3.05, 3.63) is 29.8 Å². The molecule has 1 aromatic carbocycles. The van der Waals surface area contributed by atoms with Crippen LogP contribution in [0.3, 0.4) is 0 Å². The Bertz CT molecular complexity index is 532. The van der Waals surface area contributed by atoms with Crippen LogP contribution >= 0.6 is 0 Å². The van der Waals surface area contributed by atoms with Crippen molar-refractivity contribution >= 4 is 15.7 Å². The van der Waals surface area contributed by atoms with E-state index in [0.29, 0.717) is 19.1 Å². The normalized spacial score (nSPS) is 17.8. The summed E-state index contributed by atoms with van der Waals surface area (Å²) < 4.78 is 24.5. The molecule has 0 amide bonds. The SMILES string of the molecule is CCCCc1ccc(NC2CCN(S(C)(=O)=O)CC2)cc1. The number of unbranched alkanes of at least 4 members (excludes halogenated alkanes) is 1. The van der Waals surface area contributed by atoms with Gasteiger partial charge in [0.05, 0.1) is 6.26 Å². The Morgan fingerprint density at radius 2 is 1.81 bits per heavy atom. The first-order valence-electron chi connectivity index (χ1n) is 7.79. The van der Waals surface area contributed by atoms with Crippen LogP contribution in [0.4, 0.5) is 5.69 Å². The molecule has 118 valence electrons. The zero-order valence-corrected chi connectivity index (χ0v) is 13.8. The lowest BCUT2D eigenvalue weighted by atomic mass is 10.1. The molecule has 0 atom stereocenters. The van der Waals surface area contributed by atoms with E-state index in [0.717, 1.165) is 24.9 Å². The van der Waals surface area contributed by atoms with E-state index in [1.54, 1.807) is 4.31 Å². The van der Waals surface area contributed by atoms with Crippen molar-refractivity contribution in [2.24, 2.45) is 0 Å². The highest BCUT2D eigenvalue weighted by atomic mass is 32.2. The molecule has 0 aromatic heterocycles. The number of aryl methyl sites for hydroxylation is 1. The van der Waals surface area contributed by atoms with Crippen molar-refractivity contribution in [1.29, 1.82) is 0 Å². The van der Waals surface area contributed by atoms with Gasteiger partial charge in [0, 0.05) is 24.8 Å². The van der Waals surface area contributed by atoms with Gasteiger partial charge in [0.25, 0.3) is 0 Å². The van der Waals surface area contributed by atoms with Gasteiger partial charge in [0.15, 0.2) is 0 Å².